The molecule has 0 saturated carbocycles. The lowest BCUT2D eigenvalue weighted by molar-refractivity contribution is 0.00578. The number of ketones is 4. The van der Waals surface area contributed by atoms with Crippen molar-refractivity contribution in [1.29, 1.82) is 10.5 Å². The number of likely N-dealkylation sites (tertiary alicyclic amines) is 1. The second-order valence-corrected chi connectivity index (χ2v) is 40.2. The zero-order valence-corrected chi connectivity index (χ0v) is 83.8. The predicted octanol–water partition coefficient (Wildman–Crippen LogP) is 17.3. The molecule has 680 valence electrons. The first-order valence-electron chi connectivity index (χ1n) is 44.2. The average molecular weight is 2010 g/mol. The molecule has 0 bridgehead atoms. The third-order valence-corrected chi connectivity index (χ3v) is 27.6. The lowest BCUT2D eigenvalue weighted by Gasteiger charge is -2.32. The number of benzene rings is 6. The molecule has 7 saturated heterocycles. The zero-order valence-electron chi connectivity index (χ0n) is 77.5. The third-order valence-electron chi connectivity index (χ3n) is 25.6. The average Bonchev–Trinajstić information content (AvgIpc) is 1.60. The summed E-state index contributed by atoms with van der Waals surface area (Å²) in [7, 11) is 7.21. The number of piperidine rings is 1. The fourth-order valence-corrected chi connectivity index (χ4v) is 16.1. The zero-order chi connectivity index (χ0) is 93.2. The van der Waals surface area contributed by atoms with Gasteiger partial charge in [-0.3, -0.25) is 42.7 Å². The van der Waals surface area contributed by atoms with Crippen molar-refractivity contribution in [3.63, 3.8) is 0 Å². The van der Waals surface area contributed by atoms with Gasteiger partial charge in [-0.05, 0) is 243 Å². The van der Waals surface area contributed by atoms with Crippen molar-refractivity contribution in [2.24, 2.45) is 0 Å². The van der Waals surface area contributed by atoms with Gasteiger partial charge in [-0.25, -0.2) is 9.97 Å². The van der Waals surface area contributed by atoms with E-state index < -0.39 is 14.0 Å². The van der Waals surface area contributed by atoms with Crippen LogP contribution in [0.4, 0.5) is 0 Å². The molecule has 0 atom stereocenters. The van der Waals surface area contributed by atoms with Crippen molar-refractivity contribution >= 4 is 125 Å². The van der Waals surface area contributed by atoms with E-state index in [0.717, 1.165) is 165 Å². The number of aromatic nitrogens is 4. The summed E-state index contributed by atoms with van der Waals surface area (Å²) in [6.45, 7) is 40.4. The summed E-state index contributed by atoms with van der Waals surface area (Å²) in [5.41, 5.74) is 11.0. The van der Waals surface area contributed by atoms with Gasteiger partial charge in [0.1, 0.15) is 11.3 Å². The van der Waals surface area contributed by atoms with Gasteiger partial charge in [-0.2, -0.15) is 10.5 Å². The lowest BCUT2D eigenvalue weighted by Crippen LogP contribution is -2.46. The number of hydrogen-bond donors (Lipinski definition) is 0. The Morgan fingerprint density at radius 2 is 0.643 bits per heavy atom. The van der Waals surface area contributed by atoms with E-state index in [0.29, 0.717) is 36.1 Å². The Balaban J connectivity index is 0.000000151. The number of rotatable bonds is 16. The Bertz CT molecular complexity index is 5390. The second kappa shape index (κ2) is 45.6. The smallest absolute Gasteiger partial charge is 0.405 e. The highest BCUT2D eigenvalue weighted by atomic mass is 79.9. The summed E-state index contributed by atoms with van der Waals surface area (Å²) in [5.74, 6) is 0.656. The largest absolute Gasteiger partial charge is 0.494 e. The number of carbonyl (C=O) groups is 4. The summed E-state index contributed by atoms with van der Waals surface area (Å²) < 4.78 is 43.1. The highest BCUT2D eigenvalue weighted by Crippen LogP contribution is 2.44. The maximum Gasteiger partial charge on any atom is 0.494 e. The van der Waals surface area contributed by atoms with Crippen molar-refractivity contribution in [3.05, 3.63) is 241 Å². The normalized spacial score (nSPS) is 18.9. The van der Waals surface area contributed by atoms with E-state index in [1.807, 2.05) is 264 Å². The Hall–Kier alpha value is -8.05. The van der Waals surface area contributed by atoms with Crippen LogP contribution in [0.3, 0.4) is 0 Å². The molecule has 7 fully saturated rings. The van der Waals surface area contributed by atoms with Gasteiger partial charge < -0.3 is 47.5 Å². The highest BCUT2D eigenvalue weighted by molar-refractivity contribution is 9.11. The molecule has 0 N–H and O–H groups in total. The maximum atomic E-state index is 12.7. The SMILES string of the molecule is CC1(C)OB(B2OC(C)(C)C(C)(C)O2)OC1(C)C.CN1CCCCC1.CN1CCN(CC(=O)c2ccc(-c3ccc4ncc(-c5ccc(C#N)cc5)n4c3)cc2)CC1.CN1CCN(CC(=O)c2ccc(B3OC(C)(C)C(C)(C)O3)cc2)CC1.CN1CCN(CC(=O)c2ccc(Br)cc2)CC1.N#Cc1ccc(-c2cnc3ccc(Br)cn23)cc1.O=C(CBr)c1ccc(Br)cc1. The topological polar surface area (TPSA) is 229 Å². The van der Waals surface area contributed by atoms with Crippen LogP contribution in [-0.2, 0) is 27.9 Å². The number of fused-ring (bicyclic) bond motifs is 2. The van der Waals surface area contributed by atoms with Crippen molar-refractivity contribution in [3.8, 4) is 45.8 Å². The summed E-state index contributed by atoms with van der Waals surface area (Å²) in [6.07, 6.45) is 12.0. The van der Waals surface area contributed by atoms with Crippen LogP contribution in [0, 0.1) is 22.7 Å². The monoisotopic (exact) mass is 2000 g/mol. The molecule has 129 heavy (non-hydrogen) atoms. The van der Waals surface area contributed by atoms with E-state index in [-0.39, 0.29) is 63.9 Å². The number of nitrogens with zero attached hydrogens (tertiary/aromatic N) is 13. The molecule has 30 heteroatoms. The lowest BCUT2D eigenvalue weighted by atomic mass is 9.49. The van der Waals surface area contributed by atoms with Gasteiger partial charge in [-0.1, -0.05) is 151 Å². The predicted molar refractivity (Wildman–Crippen MR) is 531 cm³/mol. The molecule has 0 spiro atoms. The molecular weight excluding hydrogens is 1880 g/mol. The molecule has 0 aliphatic carbocycles. The van der Waals surface area contributed by atoms with Crippen molar-refractivity contribution in [2.75, 3.05) is 145 Å². The quantitative estimate of drug-likeness (QED) is 0.0497. The molecule has 7 aliphatic rings. The molecule has 7 aliphatic heterocycles. The first-order chi connectivity index (χ1) is 61.2. The summed E-state index contributed by atoms with van der Waals surface area (Å²) in [4.78, 5) is 73.2. The number of imidazole rings is 2. The van der Waals surface area contributed by atoms with Crippen LogP contribution in [0.1, 0.15) is 155 Å². The first-order valence-corrected chi connectivity index (χ1v) is 47.7. The van der Waals surface area contributed by atoms with Crippen molar-refractivity contribution < 1.29 is 47.1 Å². The van der Waals surface area contributed by atoms with Gasteiger partial charge in [0.15, 0.2) is 23.1 Å². The van der Waals surface area contributed by atoms with Crippen LogP contribution in [-0.4, -0.2) is 276 Å². The number of pyridine rings is 2. The minimum Gasteiger partial charge on any atom is -0.405 e. The van der Waals surface area contributed by atoms with Crippen LogP contribution in [0.15, 0.2) is 208 Å². The molecule has 17 rings (SSSR count). The van der Waals surface area contributed by atoms with E-state index in [2.05, 4.69) is 159 Å². The third kappa shape index (κ3) is 27.8. The maximum absolute atomic E-state index is 12.7. The van der Waals surface area contributed by atoms with E-state index in [9.17, 15) is 19.2 Å². The van der Waals surface area contributed by atoms with Crippen LogP contribution < -0.4 is 5.46 Å². The number of halogens is 4. The molecule has 10 aromatic rings. The number of carbonyl (C=O) groups excluding carboxylic acids is 4. The van der Waals surface area contributed by atoms with Gasteiger partial charge in [0, 0.05) is 138 Å². The molecule has 0 amide bonds. The van der Waals surface area contributed by atoms with Crippen LogP contribution in [0.2, 0.25) is 0 Å². The summed E-state index contributed by atoms with van der Waals surface area (Å²) in [5, 5.41) is 18.2. The Labute approximate surface area is 797 Å². The number of nitriles is 2. The summed E-state index contributed by atoms with van der Waals surface area (Å²) in [6, 6.07) is 57.7. The second-order valence-electron chi connectivity index (χ2n) is 36.9. The summed E-state index contributed by atoms with van der Waals surface area (Å²) >= 11 is 13.2. The van der Waals surface area contributed by atoms with E-state index >= 15 is 0 Å². The molecule has 11 heterocycles. The number of Topliss-reactive ketones (excluding diaryl/α,β-unsaturated/α-hetero) is 4. The number of hydrogen-bond acceptors (Lipinski definition) is 21. The van der Waals surface area contributed by atoms with Crippen molar-refractivity contribution in [1.82, 2.24) is 53.1 Å². The van der Waals surface area contributed by atoms with Crippen LogP contribution in [0.5, 0.6) is 0 Å². The molecule has 0 unspecified atom stereocenters. The minimum absolute atomic E-state index is 0.109. The highest BCUT2D eigenvalue weighted by Gasteiger charge is 2.64. The molecule has 0 radical (unpaired) electrons. The number of piperazine rings is 3. The molecule has 4 aromatic heterocycles. The van der Waals surface area contributed by atoms with E-state index in [1.54, 1.807) is 12.1 Å². The fraction of sp³-hybridized carbons (Fsp3) is 0.434. The van der Waals surface area contributed by atoms with E-state index in [1.165, 1.54) is 32.4 Å². The molecule has 23 nitrogen and oxygen atoms in total. The Morgan fingerprint density at radius 3 is 0.984 bits per heavy atom. The fourth-order valence-electron chi connectivity index (χ4n) is 14.9. The van der Waals surface area contributed by atoms with Crippen LogP contribution in [0.25, 0.3) is 44.9 Å². The first kappa shape index (κ1) is 101. The van der Waals surface area contributed by atoms with Crippen molar-refractivity contribution in [2.45, 2.75) is 136 Å². The van der Waals surface area contributed by atoms with Gasteiger partial charge in [0.25, 0.3) is 0 Å². The number of alkyl halides is 1. The standard InChI is InChI=1S/C27H25N5O.C19H29BN2O3.C14H8BrN3.C13H17BrN2O.C12H24B2O4.C8H6Br2O.C6H13N/c1-30-12-14-31(15-13-30)19-26(33)23-8-6-21(7-9-23)24-10-11-27-29-17-25(32(27)18-24)22-4-2-20(16-28)3-5-22;1-18(2)19(3,4)25-20(24-18)16-8-6-15(7-9-16)17(23)14-22-12-10-21(5)11-13-22;15-12-5-6-14-17-8-13(18(14)9-12)11-3-1-10(7-16)2-4-11;1-15-6-8-16(9-7-15)10-13(17)11-2-4-12(14)5-3-11;1-9(2)10(3,4)16-13(15-9)14-17-11(5,6)12(7,8)18-14;9-5-8(11)6-1-3-7(10)4-2-6;1-7-5-3-2-4-6-7/h2-11,17-18H,12-15,19H2,1H3;6-9H,10-14H2,1-5H3;1-6,8-9H;2-5H,6-10H2,1H3;1-8H3;1-4H,5H2;2-6H2,1H3. The van der Waals surface area contributed by atoms with Gasteiger partial charge in [0.2, 0.25) is 0 Å². The Kier molecular flexibility index (Phi) is 35.9. The van der Waals surface area contributed by atoms with Gasteiger partial charge in [0.05, 0.1) is 106 Å². The minimum atomic E-state index is -0.476. The molecular formula is C99H122B3Br4N13O10. The Morgan fingerprint density at radius 1 is 0.349 bits per heavy atom. The number of likely N-dealkylation sites (N-methyl/N-ethyl adjacent to an activating group) is 3. The molecule has 6 aromatic carbocycles. The van der Waals surface area contributed by atoms with Gasteiger partial charge >= 0.3 is 21.1 Å². The van der Waals surface area contributed by atoms with Gasteiger partial charge in [-0.15, -0.1) is 0 Å². The van der Waals surface area contributed by atoms with E-state index in [4.69, 9.17) is 38.4 Å². The van der Waals surface area contributed by atoms with Crippen LogP contribution >= 0.6 is 63.7 Å².